The van der Waals surface area contributed by atoms with Crippen molar-refractivity contribution < 1.29 is 9.53 Å². The van der Waals surface area contributed by atoms with E-state index in [0.29, 0.717) is 12.3 Å². The number of halogens is 2. The Balaban J connectivity index is 1.46. The van der Waals surface area contributed by atoms with Crippen LogP contribution in [0.3, 0.4) is 0 Å². The molecule has 1 amide bonds. The third kappa shape index (κ3) is 4.77. The first kappa shape index (κ1) is 18.7. The van der Waals surface area contributed by atoms with Crippen LogP contribution in [0.5, 0.6) is 5.75 Å². The highest BCUT2D eigenvalue weighted by atomic mass is 79.9. The maximum atomic E-state index is 12.0. The summed E-state index contributed by atoms with van der Waals surface area (Å²) >= 11 is 9.69. The number of hydrogen-bond acceptors (Lipinski definition) is 2. The van der Waals surface area contributed by atoms with Crippen molar-refractivity contribution in [1.29, 1.82) is 0 Å². The SMILES string of the molecule is O=C(COc1ccc2ccccc2c1Br)NCCCc1ccccc1Cl. The van der Waals surface area contributed by atoms with E-state index in [4.69, 9.17) is 16.3 Å². The van der Waals surface area contributed by atoms with Crippen molar-refractivity contribution in [3.8, 4) is 5.75 Å². The van der Waals surface area contributed by atoms with Crippen molar-refractivity contribution in [2.75, 3.05) is 13.2 Å². The molecule has 26 heavy (non-hydrogen) atoms. The highest BCUT2D eigenvalue weighted by molar-refractivity contribution is 9.10. The third-order valence-electron chi connectivity index (χ3n) is 4.09. The summed E-state index contributed by atoms with van der Waals surface area (Å²) in [6.45, 7) is 0.579. The molecular weight excluding hydrogens is 414 g/mol. The standard InChI is InChI=1S/C21H19BrClNO2/c22-21-17-9-3-1-6-15(17)11-12-19(21)26-14-20(25)24-13-5-8-16-7-2-4-10-18(16)23/h1-4,6-7,9-12H,5,8,13-14H2,(H,24,25). The Morgan fingerprint density at radius 2 is 1.81 bits per heavy atom. The number of benzene rings is 3. The van der Waals surface area contributed by atoms with Crippen molar-refractivity contribution in [3.05, 3.63) is 75.7 Å². The molecule has 1 N–H and O–H groups in total. The van der Waals surface area contributed by atoms with Crippen LogP contribution in [0.4, 0.5) is 0 Å². The van der Waals surface area contributed by atoms with Crippen LogP contribution in [0.2, 0.25) is 5.02 Å². The van der Waals surface area contributed by atoms with Gasteiger partial charge in [0.15, 0.2) is 6.61 Å². The van der Waals surface area contributed by atoms with Gasteiger partial charge >= 0.3 is 0 Å². The minimum atomic E-state index is -0.135. The van der Waals surface area contributed by atoms with E-state index in [1.165, 1.54) is 0 Å². The van der Waals surface area contributed by atoms with E-state index < -0.39 is 0 Å². The lowest BCUT2D eigenvalue weighted by Gasteiger charge is -2.11. The average Bonchev–Trinajstić information content (AvgIpc) is 2.66. The summed E-state index contributed by atoms with van der Waals surface area (Å²) in [4.78, 5) is 12.0. The van der Waals surface area contributed by atoms with Gasteiger partial charge in [-0.25, -0.2) is 0 Å². The smallest absolute Gasteiger partial charge is 0.257 e. The lowest BCUT2D eigenvalue weighted by atomic mass is 10.1. The van der Waals surface area contributed by atoms with E-state index >= 15 is 0 Å². The van der Waals surface area contributed by atoms with Crippen LogP contribution in [0.1, 0.15) is 12.0 Å². The number of fused-ring (bicyclic) bond motifs is 1. The Morgan fingerprint density at radius 3 is 2.65 bits per heavy atom. The van der Waals surface area contributed by atoms with Gasteiger partial charge in [-0.1, -0.05) is 60.1 Å². The fourth-order valence-corrected chi connectivity index (χ4v) is 3.57. The molecule has 0 saturated heterocycles. The number of nitrogens with one attached hydrogen (secondary N) is 1. The van der Waals surface area contributed by atoms with E-state index in [-0.39, 0.29) is 12.5 Å². The maximum absolute atomic E-state index is 12.0. The normalized spacial score (nSPS) is 10.7. The van der Waals surface area contributed by atoms with Crippen molar-refractivity contribution in [2.45, 2.75) is 12.8 Å². The zero-order chi connectivity index (χ0) is 18.4. The molecule has 3 aromatic rings. The highest BCUT2D eigenvalue weighted by Gasteiger charge is 2.08. The summed E-state index contributed by atoms with van der Waals surface area (Å²) in [7, 11) is 0. The van der Waals surface area contributed by atoms with Crippen LogP contribution < -0.4 is 10.1 Å². The van der Waals surface area contributed by atoms with Gasteiger partial charge in [0.1, 0.15) is 5.75 Å². The van der Waals surface area contributed by atoms with Gasteiger partial charge in [0.05, 0.1) is 4.47 Å². The first-order valence-electron chi connectivity index (χ1n) is 8.45. The van der Waals surface area contributed by atoms with Crippen LogP contribution in [0, 0.1) is 0 Å². The predicted octanol–water partition coefficient (Wildman–Crippen LogP) is 5.38. The summed E-state index contributed by atoms with van der Waals surface area (Å²) in [6.07, 6.45) is 1.66. The van der Waals surface area contributed by atoms with E-state index in [0.717, 1.165) is 38.7 Å². The van der Waals surface area contributed by atoms with Crippen LogP contribution in [0.15, 0.2) is 65.1 Å². The van der Waals surface area contributed by atoms with Gasteiger partial charge in [-0.2, -0.15) is 0 Å². The summed E-state index contributed by atoms with van der Waals surface area (Å²) < 4.78 is 6.52. The molecule has 0 aliphatic heterocycles. The Hall–Kier alpha value is -2.04. The molecule has 0 atom stereocenters. The number of ether oxygens (including phenoxy) is 1. The van der Waals surface area contributed by atoms with Gasteiger partial charge < -0.3 is 10.1 Å². The lowest BCUT2D eigenvalue weighted by molar-refractivity contribution is -0.123. The molecule has 0 aliphatic carbocycles. The van der Waals surface area contributed by atoms with Crippen LogP contribution >= 0.6 is 27.5 Å². The minimum Gasteiger partial charge on any atom is -0.483 e. The largest absolute Gasteiger partial charge is 0.483 e. The number of carbonyl (C=O) groups is 1. The van der Waals surface area contributed by atoms with Gasteiger partial charge in [-0.05, 0) is 57.2 Å². The number of rotatable bonds is 7. The van der Waals surface area contributed by atoms with E-state index in [1.807, 2.05) is 60.7 Å². The van der Waals surface area contributed by atoms with E-state index in [9.17, 15) is 4.79 Å². The monoisotopic (exact) mass is 431 g/mol. The first-order valence-corrected chi connectivity index (χ1v) is 9.62. The second-order valence-corrected chi connectivity index (χ2v) is 7.13. The second-order valence-electron chi connectivity index (χ2n) is 5.93. The van der Waals surface area contributed by atoms with Crippen LogP contribution in [-0.2, 0) is 11.2 Å². The number of amides is 1. The Bertz CT molecular complexity index is 913. The molecule has 3 nitrogen and oxygen atoms in total. The van der Waals surface area contributed by atoms with Gasteiger partial charge in [0.25, 0.3) is 5.91 Å². The topological polar surface area (TPSA) is 38.3 Å². The van der Waals surface area contributed by atoms with Gasteiger partial charge in [-0.15, -0.1) is 0 Å². The Kier molecular flexibility index (Phi) is 6.53. The molecule has 3 rings (SSSR count). The molecule has 0 unspecified atom stereocenters. The number of carbonyl (C=O) groups excluding carboxylic acids is 1. The highest BCUT2D eigenvalue weighted by Crippen LogP contribution is 2.32. The first-order chi connectivity index (χ1) is 12.6. The van der Waals surface area contributed by atoms with E-state index in [1.54, 1.807) is 0 Å². The van der Waals surface area contributed by atoms with Crippen LogP contribution in [-0.4, -0.2) is 19.1 Å². The van der Waals surface area contributed by atoms with E-state index in [2.05, 4.69) is 21.2 Å². The molecule has 0 aromatic heterocycles. The molecule has 0 fully saturated rings. The van der Waals surface area contributed by atoms with Gasteiger partial charge in [0, 0.05) is 11.6 Å². The molecule has 0 heterocycles. The molecule has 0 aliphatic rings. The second kappa shape index (κ2) is 9.06. The molecule has 0 bridgehead atoms. The Labute approximate surface area is 166 Å². The molecule has 0 saturated carbocycles. The molecule has 0 radical (unpaired) electrons. The fourth-order valence-electron chi connectivity index (χ4n) is 2.73. The van der Waals surface area contributed by atoms with Gasteiger partial charge in [0.2, 0.25) is 0 Å². The summed E-state index contributed by atoms with van der Waals surface area (Å²) in [5.41, 5.74) is 1.10. The molecular formula is C21H19BrClNO2. The Morgan fingerprint density at radius 1 is 1.04 bits per heavy atom. The van der Waals surface area contributed by atoms with Crippen molar-refractivity contribution >= 4 is 44.2 Å². The summed E-state index contributed by atoms with van der Waals surface area (Å²) in [5.74, 6) is 0.527. The zero-order valence-electron chi connectivity index (χ0n) is 14.2. The predicted molar refractivity (Wildman–Crippen MR) is 110 cm³/mol. The summed E-state index contributed by atoms with van der Waals surface area (Å²) in [6, 6.07) is 19.6. The zero-order valence-corrected chi connectivity index (χ0v) is 16.5. The van der Waals surface area contributed by atoms with Crippen LogP contribution in [0.25, 0.3) is 10.8 Å². The average molecular weight is 433 g/mol. The number of aryl methyl sites for hydroxylation is 1. The quantitative estimate of drug-likeness (QED) is 0.509. The third-order valence-corrected chi connectivity index (χ3v) is 5.28. The molecule has 5 heteroatoms. The molecule has 134 valence electrons. The van der Waals surface area contributed by atoms with Crippen molar-refractivity contribution in [1.82, 2.24) is 5.32 Å². The summed E-state index contributed by atoms with van der Waals surface area (Å²) in [5, 5.41) is 5.83. The van der Waals surface area contributed by atoms with Crippen molar-refractivity contribution in [3.63, 3.8) is 0 Å². The maximum Gasteiger partial charge on any atom is 0.257 e. The minimum absolute atomic E-state index is 0.0109. The van der Waals surface area contributed by atoms with Crippen molar-refractivity contribution in [2.24, 2.45) is 0 Å². The lowest BCUT2D eigenvalue weighted by Crippen LogP contribution is -2.30. The number of hydrogen-bond donors (Lipinski definition) is 1. The molecule has 3 aromatic carbocycles. The fraction of sp³-hybridized carbons (Fsp3) is 0.190. The molecule has 0 spiro atoms. The van der Waals surface area contributed by atoms with Gasteiger partial charge in [-0.3, -0.25) is 4.79 Å².